The maximum Gasteiger partial charge on any atom is 0.406 e. The van der Waals surface area contributed by atoms with E-state index in [1.54, 1.807) is 24.3 Å². The van der Waals surface area contributed by atoms with Gasteiger partial charge in [-0.3, -0.25) is 9.69 Å². The molecule has 2 bridgehead atoms. The Bertz CT molecular complexity index is 834. The van der Waals surface area contributed by atoms with Crippen molar-refractivity contribution in [3.8, 4) is 0 Å². The van der Waals surface area contributed by atoms with Gasteiger partial charge in [-0.15, -0.1) is 0 Å². The summed E-state index contributed by atoms with van der Waals surface area (Å²) in [4.78, 5) is 15.1. The third-order valence-corrected chi connectivity index (χ3v) is 5.60. The van der Waals surface area contributed by atoms with E-state index in [1.165, 1.54) is 6.20 Å². The lowest BCUT2D eigenvalue weighted by Crippen LogP contribution is -2.59. The molecule has 2 aliphatic heterocycles. The number of likely N-dealkylation sites (N-methyl/N-ethyl adjacent to an activating group) is 1. The minimum Gasteiger partial charge on any atom is -0.378 e. The van der Waals surface area contributed by atoms with Gasteiger partial charge in [0.1, 0.15) is 6.54 Å². The fourth-order valence-corrected chi connectivity index (χ4v) is 4.23. The smallest absolute Gasteiger partial charge is 0.378 e. The lowest BCUT2D eigenvalue weighted by atomic mass is 9.90. The Morgan fingerprint density at radius 1 is 1.22 bits per heavy atom. The minimum atomic E-state index is -4.35. The van der Waals surface area contributed by atoms with Crippen molar-refractivity contribution in [2.24, 2.45) is 0 Å². The molecule has 0 saturated carbocycles. The molecule has 3 heterocycles. The second-order valence-electron chi connectivity index (χ2n) is 7.46. The van der Waals surface area contributed by atoms with Gasteiger partial charge in [0.15, 0.2) is 0 Å². The van der Waals surface area contributed by atoms with Gasteiger partial charge in [0.2, 0.25) is 0 Å². The highest BCUT2D eigenvalue weighted by Gasteiger charge is 2.37. The molecule has 0 aliphatic carbocycles. The molecule has 2 saturated heterocycles. The highest BCUT2D eigenvalue weighted by atomic mass is 19.4. The maximum absolute atomic E-state index is 12.9. The number of halogens is 3. The molecule has 1 aromatic carbocycles. The first-order valence-electron chi connectivity index (χ1n) is 9.07. The summed E-state index contributed by atoms with van der Waals surface area (Å²) in [5.41, 5.74) is 0.698. The van der Waals surface area contributed by atoms with Gasteiger partial charge in [-0.05, 0) is 26.0 Å². The zero-order valence-corrected chi connectivity index (χ0v) is 15.0. The zero-order valence-electron chi connectivity index (χ0n) is 15.0. The van der Waals surface area contributed by atoms with Crippen molar-refractivity contribution in [2.75, 3.05) is 20.3 Å². The highest BCUT2D eigenvalue weighted by Crippen LogP contribution is 2.28. The molecule has 4 rings (SSSR count). The number of fused-ring (bicyclic) bond motifs is 3. The van der Waals surface area contributed by atoms with E-state index in [0.29, 0.717) is 24.1 Å². The van der Waals surface area contributed by atoms with Crippen LogP contribution >= 0.6 is 0 Å². The van der Waals surface area contributed by atoms with Crippen molar-refractivity contribution in [1.82, 2.24) is 14.8 Å². The molecule has 1 aromatic heterocycles. The number of nitrogens with one attached hydrogen (secondary N) is 1. The van der Waals surface area contributed by atoms with E-state index in [4.69, 9.17) is 4.74 Å². The number of morpholine rings is 1. The lowest BCUT2D eigenvalue weighted by Gasteiger charge is -2.46. The van der Waals surface area contributed by atoms with Gasteiger partial charge in [-0.25, -0.2) is 0 Å². The number of aromatic nitrogens is 1. The van der Waals surface area contributed by atoms with Crippen molar-refractivity contribution in [3.05, 3.63) is 36.0 Å². The fourth-order valence-electron chi connectivity index (χ4n) is 4.23. The molecule has 146 valence electrons. The zero-order chi connectivity index (χ0) is 19.2. The number of piperidine rings is 1. The summed E-state index contributed by atoms with van der Waals surface area (Å²) >= 11 is 0. The number of benzene rings is 1. The van der Waals surface area contributed by atoms with Crippen molar-refractivity contribution >= 4 is 16.8 Å². The van der Waals surface area contributed by atoms with Gasteiger partial charge < -0.3 is 14.6 Å². The molecular formula is C19H22F3N3O2. The Morgan fingerprint density at radius 3 is 2.56 bits per heavy atom. The number of ether oxygens (including phenoxy) is 1. The third kappa shape index (κ3) is 3.68. The van der Waals surface area contributed by atoms with Gasteiger partial charge in [0, 0.05) is 35.2 Å². The summed E-state index contributed by atoms with van der Waals surface area (Å²) in [6, 6.07) is 7.22. The Balaban J connectivity index is 1.56. The predicted molar refractivity (Wildman–Crippen MR) is 94.6 cm³/mol. The molecule has 5 nitrogen and oxygen atoms in total. The van der Waals surface area contributed by atoms with Crippen LogP contribution in [0.15, 0.2) is 30.5 Å². The first-order chi connectivity index (χ1) is 12.8. The van der Waals surface area contributed by atoms with Gasteiger partial charge in [0.05, 0.1) is 18.8 Å². The van der Waals surface area contributed by atoms with Crippen LogP contribution in [0.4, 0.5) is 13.2 Å². The highest BCUT2D eigenvalue weighted by molar-refractivity contribution is 6.07. The molecule has 2 fully saturated rings. The van der Waals surface area contributed by atoms with E-state index in [2.05, 4.69) is 17.3 Å². The minimum absolute atomic E-state index is 0.00247. The van der Waals surface area contributed by atoms with Gasteiger partial charge in [0.25, 0.3) is 5.91 Å². The van der Waals surface area contributed by atoms with Gasteiger partial charge >= 0.3 is 6.18 Å². The number of nitrogens with zero attached hydrogens (tertiary/aromatic N) is 2. The number of hydrogen-bond acceptors (Lipinski definition) is 3. The van der Waals surface area contributed by atoms with Crippen molar-refractivity contribution in [2.45, 2.75) is 43.7 Å². The summed E-state index contributed by atoms with van der Waals surface area (Å²) in [6.07, 6.45) is -1.48. The number of hydrogen-bond donors (Lipinski definition) is 1. The summed E-state index contributed by atoms with van der Waals surface area (Å²) in [6.45, 7) is 0.172. The number of carbonyl (C=O) groups excluding carboxylic acids is 1. The molecule has 27 heavy (non-hydrogen) atoms. The number of amides is 1. The topological polar surface area (TPSA) is 46.5 Å². The number of rotatable bonds is 3. The Hall–Kier alpha value is -2.06. The molecule has 0 radical (unpaired) electrons. The van der Waals surface area contributed by atoms with E-state index in [0.717, 1.165) is 17.4 Å². The monoisotopic (exact) mass is 381 g/mol. The summed E-state index contributed by atoms with van der Waals surface area (Å²) in [5, 5.41) is 3.57. The maximum atomic E-state index is 12.9. The summed E-state index contributed by atoms with van der Waals surface area (Å²) < 4.78 is 45.3. The van der Waals surface area contributed by atoms with Crippen molar-refractivity contribution in [1.29, 1.82) is 0 Å². The largest absolute Gasteiger partial charge is 0.406 e. The molecule has 2 aromatic rings. The Morgan fingerprint density at radius 2 is 1.89 bits per heavy atom. The van der Waals surface area contributed by atoms with Gasteiger partial charge in [-0.1, -0.05) is 18.2 Å². The quantitative estimate of drug-likeness (QED) is 0.890. The van der Waals surface area contributed by atoms with E-state index in [9.17, 15) is 18.0 Å². The van der Waals surface area contributed by atoms with E-state index in [-0.39, 0.29) is 29.6 Å². The number of carbonyl (C=O) groups is 1. The average molecular weight is 381 g/mol. The van der Waals surface area contributed by atoms with E-state index < -0.39 is 12.7 Å². The normalized spacial score (nSPS) is 26.3. The first kappa shape index (κ1) is 18.3. The van der Waals surface area contributed by atoms with Crippen LogP contribution in [-0.4, -0.2) is 59.9 Å². The third-order valence-electron chi connectivity index (χ3n) is 5.60. The molecule has 8 heteroatoms. The van der Waals surface area contributed by atoms with Crippen LogP contribution in [0.25, 0.3) is 10.9 Å². The molecule has 2 aliphatic rings. The van der Waals surface area contributed by atoms with Crippen molar-refractivity contribution < 1.29 is 22.7 Å². The average Bonchev–Trinajstić information content (AvgIpc) is 2.93. The second-order valence-corrected chi connectivity index (χ2v) is 7.46. The van der Waals surface area contributed by atoms with Crippen LogP contribution in [0, 0.1) is 0 Å². The molecule has 1 N–H and O–H groups in total. The molecular weight excluding hydrogens is 359 g/mol. The Kier molecular flexibility index (Phi) is 4.63. The summed E-state index contributed by atoms with van der Waals surface area (Å²) in [7, 11) is 2.07. The van der Waals surface area contributed by atoms with Crippen LogP contribution in [0.5, 0.6) is 0 Å². The molecule has 1 amide bonds. The molecule has 3 atom stereocenters. The first-order valence-corrected chi connectivity index (χ1v) is 9.07. The lowest BCUT2D eigenvalue weighted by molar-refractivity contribution is -0.139. The van der Waals surface area contributed by atoms with Crippen LogP contribution in [0.1, 0.15) is 23.2 Å². The standard InChI is InChI=1S/C19H22F3N3O2/c1-24-13-6-12(7-14(24)10-27-9-13)23-18(26)16-8-25(11-19(20,21)22)17-5-3-2-4-15(16)17/h2-5,8,12-14H,6-7,9-11H2,1H3,(H,23,26)/t12?,13-,14+. The van der Waals surface area contributed by atoms with Crippen molar-refractivity contribution in [3.63, 3.8) is 0 Å². The molecule has 1 unspecified atom stereocenters. The fraction of sp³-hybridized carbons (Fsp3) is 0.526. The summed E-state index contributed by atoms with van der Waals surface area (Å²) in [5.74, 6) is -0.319. The predicted octanol–water partition coefficient (Wildman–Crippen LogP) is 2.80. The Labute approximate surface area is 155 Å². The van der Waals surface area contributed by atoms with Gasteiger partial charge in [-0.2, -0.15) is 13.2 Å². The molecule has 0 spiro atoms. The van der Waals surface area contributed by atoms with Crippen LogP contribution in [-0.2, 0) is 11.3 Å². The number of alkyl halides is 3. The second kappa shape index (κ2) is 6.83. The van der Waals surface area contributed by atoms with E-state index in [1.807, 2.05) is 0 Å². The van der Waals surface area contributed by atoms with Crippen LogP contribution in [0.2, 0.25) is 0 Å². The van der Waals surface area contributed by atoms with Crippen LogP contribution in [0.3, 0.4) is 0 Å². The SMILES string of the molecule is CN1[C@@H]2COC[C@H]1CC(NC(=O)c1cn(CC(F)(F)F)c3ccccc13)C2. The number of para-hydroxylation sites is 1. The van der Waals surface area contributed by atoms with Crippen LogP contribution < -0.4 is 5.32 Å². The van der Waals surface area contributed by atoms with E-state index >= 15 is 0 Å².